The van der Waals surface area contributed by atoms with Crippen molar-refractivity contribution in [2.75, 3.05) is 6.79 Å². The normalized spacial score (nSPS) is 20.1. The Bertz CT molecular complexity index is 688. The number of halogens is 1. The Balaban J connectivity index is 1.93. The zero-order chi connectivity index (χ0) is 15.9. The van der Waals surface area contributed by atoms with Crippen LogP contribution in [0.25, 0.3) is 6.08 Å². The summed E-state index contributed by atoms with van der Waals surface area (Å²) in [5, 5.41) is 0.196. The number of hydrogen-bond acceptors (Lipinski definition) is 5. The van der Waals surface area contributed by atoms with Crippen LogP contribution in [0.1, 0.15) is 25.8 Å². The van der Waals surface area contributed by atoms with E-state index >= 15 is 0 Å². The highest BCUT2D eigenvalue weighted by Crippen LogP contribution is 2.40. The molecule has 1 saturated heterocycles. The van der Waals surface area contributed by atoms with E-state index in [0.29, 0.717) is 27.0 Å². The molecular weight excluding hydrogens is 326 g/mol. The minimum Gasteiger partial charge on any atom is -0.454 e. The number of ether oxygens (including phenoxy) is 2. The Morgan fingerprint density at radius 2 is 2.05 bits per heavy atom. The molecule has 2 aliphatic rings. The van der Waals surface area contributed by atoms with E-state index in [1.807, 2.05) is 13.8 Å². The first-order valence-corrected chi connectivity index (χ1v) is 8.07. The molecule has 116 valence electrons. The van der Waals surface area contributed by atoms with Gasteiger partial charge in [0, 0.05) is 12.1 Å². The van der Waals surface area contributed by atoms with Crippen LogP contribution in [0.5, 0.6) is 11.5 Å². The molecule has 7 heteroatoms. The van der Waals surface area contributed by atoms with Crippen molar-refractivity contribution in [3.05, 3.63) is 27.6 Å². The number of rotatable bonds is 3. The van der Waals surface area contributed by atoms with Gasteiger partial charge in [-0.15, -0.1) is 0 Å². The van der Waals surface area contributed by atoms with Gasteiger partial charge in [0.25, 0.3) is 11.1 Å². The molecule has 5 nitrogen and oxygen atoms in total. The van der Waals surface area contributed by atoms with Crippen molar-refractivity contribution in [3.63, 3.8) is 0 Å². The van der Waals surface area contributed by atoms with Crippen molar-refractivity contribution in [2.24, 2.45) is 0 Å². The fourth-order valence-corrected chi connectivity index (χ4v) is 3.36. The number of thioether (sulfide) groups is 1. The van der Waals surface area contributed by atoms with Crippen LogP contribution in [0, 0.1) is 0 Å². The molecular formula is C15H14ClNO4S. The largest absolute Gasteiger partial charge is 0.454 e. The van der Waals surface area contributed by atoms with Gasteiger partial charge in [-0.3, -0.25) is 14.5 Å². The SMILES string of the molecule is CC[C@H](C)N1C(=O)S/C(=C/c2cc3c(cc2Cl)OCO3)C1=O. The van der Waals surface area contributed by atoms with E-state index in [2.05, 4.69) is 0 Å². The highest BCUT2D eigenvalue weighted by Gasteiger charge is 2.37. The number of benzene rings is 1. The fraction of sp³-hybridized carbons (Fsp3) is 0.333. The van der Waals surface area contributed by atoms with Crippen molar-refractivity contribution in [2.45, 2.75) is 26.3 Å². The molecule has 2 amide bonds. The number of hydrogen-bond donors (Lipinski definition) is 0. The highest BCUT2D eigenvalue weighted by molar-refractivity contribution is 8.18. The molecule has 2 aliphatic heterocycles. The van der Waals surface area contributed by atoms with Crippen molar-refractivity contribution in [1.29, 1.82) is 0 Å². The molecule has 0 saturated carbocycles. The molecule has 0 N–H and O–H groups in total. The van der Waals surface area contributed by atoms with Crippen LogP contribution in [-0.4, -0.2) is 28.9 Å². The Morgan fingerprint density at radius 3 is 2.73 bits per heavy atom. The number of amides is 2. The first kappa shape index (κ1) is 15.2. The molecule has 0 unspecified atom stereocenters. The third kappa shape index (κ3) is 2.57. The number of carbonyl (C=O) groups is 2. The average Bonchev–Trinajstić information content (AvgIpc) is 3.03. The predicted octanol–water partition coefficient (Wildman–Crippen LogP) is 3.90. The summed E-state index contributed by atoms with van der Waals surface area (Å²) in [5.41, 5.74) is 0.626. The second kappa shape index (κ2) is 5.85. The van der Waals surface area contributed by atoms with Crippen LogP contribution in [0.3, 0.4) is 0 Å². The summed E-state index contributed by atoms with van der Waals surface area (Å²) in [4.78, 5) is 26.0. The van der Waals surface area contributed by atoms with E-state index < -0.39 is 0 Å². The van der Waals surface area contributed by atoms with E-state index in [4.69, 9.17) is 21.1 Å². The monoisotopic (exact) mass is 339 g/mol. The van der Waals surface area contributed by atoms with Crippen molar-refractivity contribution < 1.29 is 19.1 Å². The highest BCUT2D eigenvalue weighted by atomic mass is 35.5. The van der Waals surface area contributed by atoms with Gasteiger partial charge in [0.05, 0.1) is 9.93 Å². The van der Waals surface area contributed by atoms with Crippen LogP contribution in [0.15, 0.2) is 17.0 Å². The summed E-state index contributed by atoms with van der Waals surface area (Å²) < 4.78 is 10.5. The first-order valence-electron chi connectivity index (χ1n) is 6.87. The van der Waals surface area contributed by atoms with Crippen molar-refractivity contribution in [1.82, 2.24) is 4.90 Å². The van der Waals surface area contributed by atoms with Crippen LogP contribution < -0.4 is 9.47 Å². The Hall–Kier alpha value is -1.66. The lowest BCUT2D eigenvalue weighted by atomic mass is 10.1. The van der Waals surface area contributed by atoms with Crippen LogP contribution in [-0.2, 0) is 4.79 Å². The molecule has 1 aromatic carbocycles. The molecule has 2 heterocycles. The molecule has 0 bridgehead atoms. The van der Waals surface area contributed by atoms with E-state index in [-0.39, 0.29) is 24.0 Å². The van der Waals surface area contributed by atoms with E-state index in [9.17, 15) is 9.59 Å². The molecule has 3 rings (SSSR count). The minimum absolute atomic E-state index is 0.120. The maximum Gasteiger partial charge on any atom is 0.293 e. The summed E-state index contributed by atoms with van der Waals surface area (Å²) in [5.74, 6) is 0.879. The fourth-order valence-electron chi connectivity index (χ4n) is 2.23. The number of carbonyl (C=O) groups excluding carboxylic acids is 2. The van der Waals surface area contributed by atoms with Gasteiger partial charge in [-0.25, -0.2) is 0 Å². The zero-order valence-corrected chi connectivity index (χ0v) is 13.7. The molecule has 0 spiro atoms. The molecule has 0 aromatic heterocycles. The third-order valence-corrected chi connectivity index (χ3v) is 4.84. The maximum atomic E-state index is 12.4. The third-order valence-electron chi connectivity index (χ3n) is 3.63. The summed E-state index contributed by atoms with van der Waals surface area (Å²) in [6.45, 7) is 3.94. The van der Waals surface area contributed by atoms with Gasteiger partial charge in [-0.1, -0.05) is 18.5 Å². The van der Waals surface area contributed by atoms with E-state index in [0.717, 1.165) is 18.2 Å². The smallest absolute Gasteiger partial charge is 0.293 e. The number of imide groups is 1. The van der Waals surface area contributed by atoms with Gasteiger partial charge in [0.15, 0.2) is 11.5 Å². The van der Waals surface area contributed by atoms with Crippen LogP contribution in [0.4, 0.5) is 4.79 Å². The summed E-state index contributed by atoms with van der Waals surface area (Å²) in [6.07, 6.45) is 2.34. The van der Waals surface area contributed by atoms with E-state index in [1.165, 1.54) is 4.90 Å². The number of nitrogens with zero attached hydrogens (tertiary/aromatic N) is 1. The van der Waals surface area contributed by atoms with Crippen molar-refractivity contribution >= 4 is 40.6 Å². The summed E-state index contributed by atoms with van der Waals surface area (Å²) in [7, 11) is 0. The standard InChI is InChI=1S/C15H14ClNO4S/c1-3-8(2)17-14(18)13(22-15(17)19)5-9-4-11-12(6-10(9)16)21-7-20-11/h4-6,8H,3,7H2,1-2H3/b13-5+/t8-/m0/s1. The zero-order valence-electron chi connectivity index (χ0n) is 12.1. The second-order valence-electron chi connectivity index (χ2n) is 5.04. The lowest BCUT2D eigenvalue weighted by Gasteiger charge is -2.19. The molecule has 0 aliphatic carbocycles. The maximum absolute atomic E-state index is 12.4. The average molecular weight is 340 g/mol. The van der Waals surface area contributed by atoms with Crippen molar-refractivity contribution in [3.8, 4) is 11.5 Å². The predicted molar refractivity (Wildman–Crippen MR) is 85.1 cm³/mol. The van der Waals surface area contributed by atoms with E-state index in [1.54, 1.807) is 18.2 Å². The topological polar surface area (TPSA) is 55.8 Å². The van der Waals surface area contributed by atoms with Gasteiger partial charge in [0.2, 0.25) is 6.79 Å². The first-order chi connectivity index (χ1) is 10.5. The van der Waals surface area contributed by atoms with Crippen LogP contribution >= 0.6 is 23.4 Å². The van der Waals surface area contributed by atoms with Gasteiger partial charge in [0.1, 0.15) is 0 Å². The summed E-state index contributed by atoms with van der Waals surface area (Å²) in [6, 6.07) is 3.24. The summed E-state index contributed by atoms with van der Waals surface area (Å²) >= 11 is 7.13. The lowest BCUT2D eigenvalue weighted by molar-refractivity contribution is -0.124. The second-order valence-corrected chi connectivity index (χ2v) is 6.44. The van der Waals surface area contributed by atoms with Crippen LogP contribution in [0.2, 0.25) is 5.02 Å². The Labute approximate surface area is 137 Å². The quantitative estimate of drug-likeness (QED) is 0.782. The van der Waals surface area contributed by atoms with Gasteiger partial charge in [-0.2, -0.15) is 0 Å². The van der Waals surface area contributed by atoms with Gasteiger partial charge in [-0.05, 0) is 42.8 Å². The lowest BCUT2D eigenvalue weighted by Crippen LogP contribution is -2.36. The molecule has 22 heavy (non-hydrogen) atoms. The van der Waals surface area contributed by atoms with Gasteiger partial charge < -0.3 is 9.47 Å². The Morgan fingerprint density at radius 1 is 1.36 bits per heavy atom. The molecule has 1 aromatic rings. The minimum atomic E-state index is -0.280. The van der Waals surface area contributed by atoms with Gasteiger partial charge >= 0.3 is 0 Å². The molecule has 1 atom stereocenters. The number of fused-ring (bicyclic) bond motifs is 1. The molecule has 1 fully saturated rings. The Kier molecular flexibility index (Phi) is 4.06. The molecule has 0 radical (unpaired) electrons.